The standard InChI is InChI=1S/C46H49ClN6O5/c1-29-3-9-36(52(29)37-10-8-33(28-48)41(47)27-37)25-30(2)58-38-12-6-31(7-13-38)4-5-32-17-21-50(22-18-32)34-19-23-51(24-20-34)35-11-14-39-40(26-35)46(57)53(45(39)56)42-15-16-43(54)49-44(42)55/h6-8,10-14,26-27,29-30,32,34,36,42H,3,9,15-25H2,1-2H3,(H,49,54,55). The van der Waals surface area contributed by atoms with Crippen LogP contribution in [0.5, 0.6) is 5.75 Å². The number of fused-ring (bicyclic) bond motifs is 1. The number of ether oxygens (including phenoxy) is 1. The number of anilines is 2. The SMILES string of the molecule is CC(CC1CCC(C)N1c1ccc(C#N)c(Cl)c1)Oc1ccc(C#CC2CCN(C3CCN(c4ccc5c(c4)C(=O)N(C4CCC(=O)NC4=O)C5=O)CC3)CC2)cc1. The van der Waals surface area contributed by atoms with Crippen molar-refractivity contribution >= 4 is 46.6 Å². The fourth-order valence-corrected chi connectivity index (χ4v) is 9.76. The highest BCUT2D eigenvalue weighted by Gasteiger charge is 2.45. The molecule has 0 aromatic heterocycles. The average molecular weight is 801 g/mol. The third-order valence-corrected chi connectivity index (χ3v) is 13.0. The molecule has 8 rings (SSSR count). The molecule has 1 N–H and O–H groups in total. The molecule has 5 aliphatic rings. The van der Waals surface area contributed by atoms with Crippen LogP contribution >= 0.6 is 11.6 Å². The summed E-state index contributed by atoms with van der Waals surface area (Å²) in [6.07, 6.45) is 7.46. The molecule has 0 bridgehead atoms. The van der Waals surface area contributed by atoms with Gasteiger partial charge in [0.15, 0.2) is 0 Å². The maximum atomic E-state index is 13.3. The first-order chi connectivity index (χ1) is 28.1. The molecule has 4 amide bonds. The molecule has 300 valence electrons. The van der Waals surface area contributed by atoms with E-state index in [-0.39, 0.29) is 24.9 Å². The van der Waals surface area contributed by atoms with Crippen LogP contribution in [0.25, 0.3) is 0 Å². The van der Waals surface area contributed by atoms with Gasteiger partial charge in [0.25, 0.3) is 11.8 Å². The Bertz CT molecular complexity index is 2190. The maximum absolute atomic E-state index is 13.3. The second-order valence-corrected chi connectivity index (χ2v) is 16.8. The minimum absolute atomic E-state index is 0.0256. The van der Waals surface area contributed by atoms with E-state index in [0.717, 1.165) is 98.7 Å². The van der Waals surface area contributed by atoms with Gasteiger partial charge in [0.05, 0.1) is 27.8 Å². The van der Waals surface area contributed by atoms with Crippen LogP contribution in [-0.2, 0) is 9.59 Å². The molecule has 3 aromatic carbocycles. The smallest absolute Gasteiger partial charge is 0.262 e. The summed E-state index contributed by atoms with van der Waals surface area (Å²) >= 11 is 6.38. The van der Waals surface area contributed by atoms with Crippen molar-refractivity contribution in [2.24, 2.45) is 5.92 Å². The highest BCUT2D eigenvalue weighted by molar-refractivity contribution is 6.32. The summed E-state index contributed by atoms with van der Waals surface area (Å²) < 4.78 is 6.36. The van der Waals surface area contributed by atoms with Gasteiger partial charge in [-0.1, -0.05) is 23.4 Å². The number of likely N-dealkylation sites (tertiary alicyclic amines) is 1. The second kappa shape index (κ2) is 16.9. The van der Waals surface area contributed by atoms with Crippen molar-refractivity contribution in [1.82, 2.24) is 15.1 Å². The van der Waals surface area contributed by atoms with E-state index in [9.17, 15) is 24.4 Å². The van der Waals surface area contributed by atoms with Gasteiger partial charge in [-0.3, -0.25) is 29.4 Å². The molecule has 58 heavy (non-hydrogen) atoms. The normalized spacial score (nSPS) is 23.6. The number of nitriles is 1. The quantitative estimate of drug-likeness (QED) is 0.199. The topological polar surface area (TPSA) is 126 Å². The molecule has 5 heterocycles. The van der Waals surface area contributed by atoms with Gasteiger partial charge in [-0.25, -0.2) is 0 Å². The predicted molar refractivity (Wildman–Crippen MR) is 222 cm³/mol. The van der Waals surface area contributed by atoms with Crippen molar-refractivity contribution in [1.29, 1.82) is 5.26 Å². The first-order valence-electron chi connectivity index (χ1n) is 20.7. The van der Waals surface area contributed by atoms with Gasteiger partial charge >= 0.3 is 0 Å². The molecular weight excluding hydrogens is 752 g/mol. The summed E-state index contributed by atoms with van der Waals surface area (Å²) in [5, 5.41) is 12.0. The highest BCUT2D eigenvalue weighted by Crippen LogP contribution is 2.36. The fourth-order valence-electron chi connectivity index (χ4n) is 9.54. The average Bonchev–Trinajstić information content (AvgIpc) is 3.71. The van der Waals surface area contributed by atoms with Crippen molar-refractivity contribution in [3.63, 3.8) is 0 Å². The first kappa shape index (κ1) is 39.5. The molecule has 4 saturated heterocycles. The van der Waals surface area contributed by atoms with E-state index in [1.54, 1.807) is 18.2 Å². The maximum Gasteiger partial charge on any atom is 0.262 e. The number of nitrogens with zero attached hydrogens (tertiary/aromatic N) is 5. The Kier molecular flexibility index (Phi) is 11.5. The van der Waals surface area contributed by atoms with Gasteiger partial charge in [-0.15, -0.1) is 0 Å². The number of carbonyl (C=O) groups is 4. The molecule has 11 nitrogen and oxygen atoms in total. The van der Waals surface area contributed by atoms with E-state index in [4.69, 9.17) is 16.3 Å². The Balaban J connectivity index is 0.783. The van der Waals surface area contributed by atoms with Crippen molar-refractivity contribution < 1.29 is 23.9 Å². The van der Waals surface area contributed by atoms with E-state index >= 15 is 0 Å². The number of rotatable bonds is 8. The Hall–Kier alpha value is -5.36. The van der Waals surface area contributed by atoms with Gasteiger partial charge in [0.1, 0.15) is 17.9 Å². The lowest BCUT2D eigenvalue weighted by molar-refractivity contribution is -0.136. The third-order valence-electron chi connectivity index (χ3n) is 12.7. The van der Waals surface area contributed by atoms with Gasteiger partial charge < -0.3 is 19.4 Å². The third kappa shape index (κ3) is 8.16. The van der Waals surface area contributed by atoms with Crippen LogP contribution in [0.2, 0.25) is 5.02 Å². The molecule has 4 fully saturated rings. The van der Waals surface area contributed by atoms with Crippen molar-refractivity contribution in [2.75, 3.05) is 36.0 Å². The first-order valence-corrected chi connectivity index (χ1v) is 21.0. The second-order valence-electron chi connectivity index (χ2n) is 16.4. The number of amides is 4. The number of carbonyl (C=O) groups excluding carboxylic acids is 4. The van der Waals surface area contributed by atoms with Gasteiger partial charge in [-0.05, 0) is 133 Å². The summed E-state index contributed by atoms with van der Waals surface area (Å²) in [5.41, 5.74) is 4.07. The van der Waals surface area contributed by atoms with Crippen LogP contribution in [0, 0.1) is 29.1 Å². The lowest BCUT2D eigenvalue weighted by atomic mass is 9.93. The Morgan fingerprint density at radius 3 is 2.28 bits per heavy atom. The fraction of sp³-hybridized carbons (Fsp3) is 0.457. The van der Waals surface area contributed by atoms with Crippen LogP contribution in [0.4, 0.5) is 11.4 Å². The molecule has 4 atom stereocenters. The van der Waals surface area contributed by atoms with Gasteiger partial charge in [0.2, 0.25) is 11.8 Å². The van der Waals surface area contributed by atoms with E-state index in [2.05, 4.69) is 51.8 Å². The number of benzene rings is 3. The number of piperidine rings is 3. The number of halogens is 1. The predicted octanol–water partition coefficient (Wildman–Crippen LogP) is 6.56. The van der Waals surface area contributed by atoms with Crippen LogP contribution in [0.15, 0.2) is 60.7 Å². The lowest BCUT2D eigenvalue weighted by Gasteiger charge is -2.42. The van der Waals surface area contributed by atoms with E-state index in [0.29, 0.717) is 45.8 Å². The highest BCUT2D eigenvalue weighted by atomic mass is 35.5. The van der Waals surface area contributed by atoms with E-state index < -0.39 is 23.8 Å². The van der Waals surface area contributed by atoms with E-state index in [1.165, 1.54) is 0 Å². The van der Waals surface area contributed by atoms with E-state index in [1.807, 2.05) is 42.5 Å². The van der Waals surface area contributed by atoms with Crippen LogP contribution in [-0.4, -0.2) is 89.9 Å². The summed E-state index contributed by atoms with van der Waals surface area (Å²) in [7, 11) is 0. The molecule has 12 heteroatoms. The van der Waals surface area contributed by atoms with Crippen LogP contribution < -0.4 is 19.9 Å². The minimum atomic E-state index is -0.963. The molecule has 5 aliphatic heterocycles. The van der Waals surface area contributed by atoms with Crippen molar-refractivity contribution in [3.8, 4) is 23.7 Å². The minimum Gasteiger partial charge on any atom is -0.491 e. The number of nitrogens with one attached hydrogen (secondary N) is 1. The zero-order valence-electron chi connectivity index (χ0n) is 33.1. The molecule has 3 aromatic rings. The zero-order valence-corrected chi connectivity index (χ0v) is 33.8. The Morgan fingerprint density at radius 2 is 1.57 bits per heavy atom. The summed E-state index contributed by atoms with van der Waals surface area (Å²) in [4.78, 5) is 58.9. The van der Waals surface area contributed by atoms with Crippen molar-refractivity contribution in [3.05, 3.63) is 87.9 Å². The molecule has 0 radical (unpaired) electrons. The summed E-state index contributed by atoms with van der Waals surface area (Å²) in [5.74, 6) is 6.22. The van der Waals surface area contributed by atoms with Crippen LogP contribution in [0.3, 0.4) is 0 Å². The summed E-state index contributed by atoms with van der Waals surface area (Å²) in [6.45, 7) is 8.12. The molecule has 4 unspecified atom stereocenters. The Morgan fingerprint density at radius 1 is 0.845 bits per heavy atom. The Labute approximate surface area is 345 Å². The molecule has 0 spiro atoms. The van der Waals surface area contributed by atoms with Gasteiger partial charge in [-0.2, -0.15) is 5.26 Å². The van der Waals surface area contributed by atoms with Crippen LogP contribution in [0.1, 0.15) is 103 Å². The number of imide groups is 2. The largest absolute Gasteiger partial charge is 0.491 e. The lowest BCUT2D eigenvalue weighted by Crippen LogP contribution is -2.54. The molecule has 0 aliphatic carbocycles. The zero-order chi connectivity index (χ0) is 40.5. The molecular formula is C46H49ClN6O5. The number of hydrogen-bond acceptors (Lipinski definition) is 9. The number of hydrogen-bond donors (Lipinski definition) is 1. The van der Waals surface area contributed by atoms with Gasteiger partial charge in [0, 0.05) is 66.9 Å². The van der Waals surface area contributed by atoms with Crippen molar-refractivity contribution in [2.45, 2.75) is 102 Å². The monoisotopic (exact) mass is 800 g/mol. The molecule has 0 saturated carbocycles. The summed E-state index contributed by atoms with van der Waals surface area (Å²) in [6, 6.07) is 21.6.